The molecule has 1 fully saturated rings. The van der Waals surface area contributed by atoms with E-state index in [-0.39, 0.29) is 11.9 Å². The molecule has 2 heterocycles. The number of carbonyl (C=O) groups is 1. The molecule has 0 aliphatic carbocycles. The largest absolute Gasteiger partial charge is 0.360 e. The Balaban J connectivity index is 1.66. The van der Waals surface area contributed by atoms with Crippen molar-refractivity contribution in [3.05, 3.63) is 83.9 Å². The third kappa shape index (κ3) is 4.34. The number of hydrogen-bond acceptors (Lipinski definition) is 3. The van der Waals surface area contributed by atoms with Gasteiger partial charge in [-0.15, -0.1) is 0 Å². The van der Waals surface area contributed by atoms with Gasteiger partial charge in [-0.05, 0) is 37.1 Å². The van der Waals surface area contributed by atoms with Crippen LogP contribution in [0.1, 0.15) is 36.1 Å². The first-order valence-corrected chi connectivity index (χ1v) is 10.2. The first-order valence-electron chi connectivity index (χ1n) is 10.2. The summed E-state index contributed by atoms with van der Waals surface area (Å²) < 4.78 is 5.98. The monoisotopic (exact) mass is 376 g/mol. The van der Waals surface area contributed by atoms with E-state index in [9.17, 15) is 4.79 Å². The van der Waals surface area contributed by atoms with Crippen LogP contribution in [0.2, 0.25) is 0 Å². The van der Waals surface area contributed by atoms with Crippen LogP contribution < -0.4 is 0 Å². The maximum atomic E-state index is 13.6. The van der Waals surface area contributed by atoms with Crippen molar-refractivity contribution < 1.29 is 9.53 Å². The van der Waals surface area contributed by atoms with Gasteiger partial charge in [0.1, 0.15) is 0 Å². The van der Waals surface area contributed by atoms with Gasteiger partial charge >= 0.3 is 0 Å². The fourth-order valence-corrected chi connectivity index (χ4v) is 4.14. The molecule has 28 heavy (non-hydrogen) atoms. The van der Waals surface area contributed by atoms with E-state index in [0.717, 1.165) is 25.2 Å². The van der Waals surface area contributed by atoms with Crippen molar-refractivity contribution in [3.63, 3.8) is 0 Å². The SMILES string of the molecule is O=C1[C@@H](c2ccccc2)OC/C=C\CN1[C@H](CN1CCCC1)c1ccccc1. The van der Waals surface area contributed by atoms with Gasteiger partial charge in [0.15, 0.2) is 6.10 Å². The van der Waals surface area contributed by atoms with Gasteiger partial charge in [0.25, 0.3) is 5.91 Å². The molecule has 1 saturated heterocycles. The summed E-state index contributed by atoms with van der Waals surface area (Å²) in [5, 5.41) is 0. The van der Waals surface area contributed by atoms with Crippen molar-refractivity contribution in [2.45, 2.75) is 25.0 Å². The smallest absolute Gasteiger partial charge is 0.257 e. The van der Waals surface area contributed by atoms with Crippen molar-refractivity contribution in [3.8, 4) is 0 Å². The third-order valence-corrected chi connectivity index (χ3v) is 5.63. The average molecular weight is 377 g/mol. The van der Waals surface area contributed by atoms with Gasteiger partial charge < -0.3 is 14.5 Å². The van der Waals surface area contributed by atoms with E-state index < -0.39 is 6.10 Å². The molecule has 0 aromatic heterocycles. The molecule has 4 heteroatoms. The van der Waals surface area contributed by atoms with Crippen LogP contribution in [0.3, 0.4) is 0 Å². The highest BCUT2D eigenvalue weighted by molar-refractivity contribution is 5.83. The topological polar surface area (TPSA) is 32.8 Å². The molecule has 2 aromatic carbocycles. The predicted octanol–water partition coefficient (Wildman–Crippen LogP) is 3.98. The van der Waals surface area contributed by atoms with E-state index >= 15 is 0 Å². The van der Waals surface area contributed by atoms with Gasteiger partial charge in [0.05, 0.1) is 12.6 Å². The quantitative estimate of drug-likeness (QED) is 0.740. The highest BCUT2D eigenvalue weighted by Gasteiger charge is 2.33. The predicted molar refractivity (Wildman–Crippen MR) is 111 cm³/mol. The molecule has 0 N–H and O–H groups in total. The minimum atomic E-state index is -0.559. The van der Waals surface area contributed by atoms with Gasteiger partial charge in [-0.3, -0.25) is 4.79 Å². The zero-order valence-corrected chi connectivity index (χ0v) is 16.2. The molecule has 4 nitrogen and oxygen atoms in total. The molecule has 1 amide bonds. The standard InChI is InChI=1S/C24H28N2O2/c27-24-23(21-13-5-2-6-14-21)28-18-10-9-17-26(24)22(19-25-15-7-8-16-25)20-11-3-1-4-12-20/h1-6,9-14,22-23H,7-8,15-19H2/b10-9-/t22-,23-/m1/s1. The van der Waals surface area contributed by atoms with Crippen molar-refractivity contribution in [2.75, 3.05) is 32.8 Å². The lowest BCUT2D eigenvalue weighted by atomic mass is 10.0. The molecule has 4 rings (SSSR count). The van der Waals surface area contributed by atoms with Crippen LogP contribution in [0.15, 0.2) is 72.8 Å². The summed E-state index contributed by atoms with van der Waals surface area (Å²) in [5.74, 6) is 0.0450. The number of benzene rings is 2. The van der Waals surface area contributed by atoms with Crippen LogP contribution in [0.25, 0.3) is 0 Å². The van der Waals surface area contributed by atoms with Crippen molar-refractivity contribution in [1.29, 1.82) is 0 Å². The van der Waals surface area contributed by atoms with Crippen LogP contribution in [-0.2, 0) is 9.53 Å². The highest BCUT2D eigenvalue weighted by Crippen LogP contribution is 2.29. The Hall–Kier alpha value is -2.43. The van der Waals surface area contributed by atoms with Crippen molar-refractivity contribution in [1.82, 2.24) is 9.80 Å². The molecule has 146 valence electrons. The maximum Gasteiger partial charge on any atom is 0.257 e. The fourth-order valence-electron chi connectivity index (χ4n) is 4.14. The molecule has 0 bridgehead atoms. The van der Waals surface area contributed by atoms with Crippen molar-refractivity contribution in [2.24, 2.45) is 0 Å². The highest BCUT2D eigenvalue weighted by atomic mass is 16.5. The third-order valence-electron chi connectivity index (χ3n) is 5.63. The van der Waals surface area contributed by atoms with E-state index in [1.165, 1.54) is 18.4 Å². The first kappa shape index (κ1) is 18.9. The van der Waals surface area contributed by atoms with Crippen LogP contribution in [0.4, 0.5) is 0 Å². The fraction of sp³-hybridized carbons (Fsp3) is 0.375. The van der Waals surface area contributed by atoms with E-state index in [1.54, 1.807) is 0 Å². The summed E-state index contributed by atoms with van der Waals surface area (Å²) >= 11 is 0. The van der Waals surface area contributed by atoms with E-state index in [2.05, 4.69) is 35.2 Å². The number of nitrogens with zero attached hydrogens (tertiary/aromatic N) is 2. The number of hydrogen-bond donors (Lipinski definition) is 0. The Kier molecular flexibility index (Phi) is 6.20. The maximum absolute atomic E-state index is 13.6. The second-order valence-corrected chi connectivity index (χ2v) is 7.52. The minimum Gasteiger partial charge on any atom is -0.360 e. The summed E-state index contributed by atoms with van der Waals surface area (Å²) in [4.78, 5) is 18.1. The second kappa shape index (κ2) is 9.18. The van der Waals surface area contributed by atoms with Crippen LogP contribution in [0.5, 0.6) is 0 Å². The molecular weight excluding hydrogens is 348 g/mol. The Labute approximate surface area is 167 Å². The summed E-state index contributed by atoms with van der Waals surface area (Å²) in [6.45, 7) is 4.16. The average Bonchev–Trinajstić information content (AvgIpc) is 3.25. The Morgan fingerprint density at radius 3 is 2.32 bits per heavy atom. The number of carbonyl (C=O) groups excluding carboxylic acids is 1. The lowest BCUT2D eigenvalue weighted by Crippen LogP contribution is -2.44. The molecule has 0 unspecified atom stereocenters. The van der Waals surface area contributed by atoms with Crippen LogP contribution >= 0.6 is 0 Å². The minimum absolute atomic E-state index is 0.0179. The molecule has 0 saturated carbocycles. The summed E-state index contributed by atoms with van der Waals surface area (Å²) in [5.41, 5.74) is 2.10. The lowest BCUT2D eigenvalue weighted by molar-refractivity contribution is -0.146. The van der Waals surface area contributed by atoms with E-state index in [4.69, 9.17) is 4.74 Å². The number of rotatable bonds is 5. The van der Waals surface area contributed by atoms with Crippen LogP contribution in [0, 0.1) is 0 Å². The molecule has 0 radical (unpaired) electrons. The molecule has 2 aliphatic heterocycles. The second-order valence-electron chi connectivity index (χ2n) is 7.52. The normalized spacial score (nSPS) is 23.2. The van der Waals surface area contributed by atoms with Gasteiger partial charge in [-0.25, -0.2) is 0 Å². The molecular formula is C24H28N2O2. The molecule has 2 atom stereocenters. The van der Waals surface area contributed by atoms with Gasteiger partial charge in [0.2, 0.25) is 0 Å². The Morgan fingerprint density at radius 2 is 1.61 bits per heavy atom. The van der Waals surface area contributed by atoms with Gasteiger partial charge in [-0.2, -0.15) is 0 Å². The lowest BCUT2D eigenvalue weighted by Gasteiger charge is -2.37. The van der Waals surface area contributed by atoms with Gasteiger partial charge in [-0.1, -0.05) is 72.8 Å². The van der Waals surface area contributed by atoms with Gasteiger partial charge in [0, 0.05) is 13.1 Å². The molecule has 2 aliphatic rings. The number of likely N-dealkylation sites (tertiary alicyclic amines) is 1. The summed E-state index contributed by atoms with van der Waals surface area (Å²) in [7, 11) is 0. The van der Waals surface area contributed by atoms with Crippen molar-refractivity contribution >= 4 is 5.91 Å². The van der Waals surface area contributed by atoms with Crippen LogP contribution in [-0.4, -0.2) is 48.5 Å². The molecule has 2 aromatic rings. The molecule has 0 spiro atoms. The van der Waals surface area contributed by atoms with E-state index in [0.29, 0.717) is 13.2 Å². The van der Waals surface area contributed by atoms with E-state index in [1.807, 2.05) is 47.4 Å². The zero-order chi connectivity index (χ0) is 19.2. The number of ether oxygens (including phenoxy) is 1. The Morgan fingerprint density at radius 1 is 0.929 bits per heavy atom. The first-order chi connectivity index (χ1) is 13.8. The Bertz CT molecular complexity index is 785. The summed E-state index contributed by atoms with van der Waals surface area (Å²) in [6.07, 6.45) is 6.00. The summed E-state index contributed by atoms with van der Waals surface area (Å²) in [6, 6.07) is 20.3. The zero-order valence-electron chi connectivity index (χ0n) is 16.2. The number of amides is 1.